The monoisotopic (exact) mass is 456 g/mol. The third kappa shape index (κ3) is 4.25. The molecule has 0 N–H and O–H groups in total. The van der Waals surface area contributed by atoms with Crippen LogP contribution in [0.2, 0.25) is 5.02 Å². The molecule has 2 aromatic heterocycles. The molecule has 0 aliphatic carbocycles. The number of piperazine rings is 1. The number of amides is 2. The van der Waals surface area contributed by atoms with Crippen LogP contribution in [0.25, 0.3) is 17.2 Å². The van der Waals surface area contributed by atoms with Crippen LogP contribution < -0.4 is 0 Å². The second-order valence-corrected chi connectivity index (χ2v) is 8.04. The predicted molar refractivity (Wildman–Crippen MR) is 120 cm³/mol. The molecule has 0 atom stereocenters. The summed E-state index contributed by atoms with van der Waals surface area (Å²) in [6, 6.07) is 7.38. The van der Waals surface area contributed by atoms with Crippen LogP contribution in [-0.4, -0.2) is 74.2 Å². The molecule has 0 spiro atoms. The fraction of sp³-hybridized carbons (Fsp3) is 0.409. The van der Waals surface area contributed by atoms with E-state index < -0.39 is 0 Å². The Hall–Kier alpha value is -3.20. The molecule has 1 fully saturated rings. The van der Waals surface area contributed by atoms with Crippen molar-refractivity contribution in [2.24, 2.45) is 0 Å². The van der Waals surface area contributed by atoms with Crippen LogP contribution in [0.1, 0.15) is 23.9 Å². The number of rotatable bonds is 4. The van der Waals surface area contributed by atoms with E-state index >= 15 is 0 Å². The smallest absolute Gasteiger partial charge is 0.409 e. The van der Waals surface area contributed by atoms with Gasteiger partial charge in [-0.05, 0) is 32.9 Å². The summed E-state index contributed by atoms with van der Waals surface area (Å²) in [5, 5.41) is 5.15. The van der Waals surface area contributed by atoms with Crippen LogP contribution in [0.5, 0.6) is 0 Å². The molecule has 1 saturated heterocycles. The highest BCUT2D eigenvalue weighted by molar-refractivity contribution is 6.33. The van der Waals surface area contributed by atoms with E-state index in [1.165, 1.54) is 0 Å². The molecule has 10 heteroatoms. The minimum atomic E-state index is -0.332. The molecule has 32 heavy (non-hydrogen) atoms. The van der Waals surface area contributed by atoms with Crippen LogP contribution in [-0.2, 0) is 16.0 Å². The molecular weight excluding hydrogens is 432 g/mol. The maximum absolute atomic E-state index is 13.0. The summed E-state index contributed by atoms with van der Waals surface area (Å²) in [4.78, 5) is 37.4. The van der Waals surface area contributed by atoms with Gasteiger partial charge in [-0.1, -0.05) is 23.7 Å². The number of carbonyl (C=O) groups excluding carboxylic acids is 2. The van der Waals surface area contributed by atoms with Gasteiger partial charge in [0.15, 0.2) is 5.82 Å². The number of aromatic nitrogens is 4. The highest BCUT2D eigenvalue weighted by atomic mass is 35.5. The Balaban J connectivity index is 1.53. The maximum atomic E-state index is 13.0. The SMILES string of the molecule is CCOC(=O)N1CCN(C(=O)Cc2c(C)nc3nc(-c4ccccc4Cl)nn3c2C)CC1. The Bertz CT molecular complexity index is 1170. The third-order valence-electron chi connectivity index (χ3n) is 5.65. The van der Waals surface area contributed by atoms with Crippen molar-refractivity contribution in [1.29, 1.82) is 0 Å². The van der Waals surface area contributed by atoms with E-state index in [1.54, 1.807) is 27.3 Å². The summed E-state index contributed by atoms with van der Waals surface area (Å²) >= 11 is 6.30. The standard InChI is InChI=1S/C22H25ClN6O3/c1-4-32-22(31)28-11-9-27(10-12-28)19(30)13-17-14(2)24-21-25-20(26-29(21)15(17)3)16-7-5-6-8-18(16)23/h5-8H,4,9-13H2,1-3H3. The van der Waals surface area contributed by atoms with Crippen molar-refractivity contribution in [3.63, 3.8) is 0 Å². The average Bonchev–Trinajstić information content (AvgIpc) is 3.21. The first-order valence-corrected chi connectivity index (χ1v) is 10.9. The lowest BCUT2D eigenvalue weighted by Crippen LogP contribution is -2.51. The molecule has 0 bridgehead atoms. The molecule has 9 nitrogen and oxygen atoms in total. The number of hydrogen-bond donors (Lipinski definition) is 0. The normalized spacial score (nSPS) is 14.1. The van der Waals surface area contributed by atoms with Gasteiger partial charge in [0.05, 0.1) is 18.1 Å². The van der Waals surface area contributed by atoms with Crippen LogP contribution in [0.3, 0.4) is 0 Å². The summed E-state index contributed by atoms with van der Waals surface area (Å²) in [6.07, 6.45) is -0.122. The molecule has 4 rings (SSSR count). The molecule has 2 amide bonds. The average molecular weight is 457 g/mol. The number of carbonyl (C=O) groups is 2. The maximum Gasteiger partial charge on any atom is 0.409 e. The fourth-order valence-corrected chi connectivity index (χ4v) is 4.06. The summed E-state index contributed by atoms with van der Waals surface area (Å²) in [5.41, 5.74) is 3.11. The van der Waals surface area contributed by atoms with Gasteiger partial charge in [-0.15, -0.1) is 5.10 Å². The highest BCUT2D eigenvalue weighted by Crippen LogP contribution is 2.26. The first kappa shape index (κ1) is 22.0. The second kappa shape index (κ2) is 9.12. The van der Waals surface area contributed by atoms with Gasteiger partial charge in [0.1, 0.15) is 0 Å². The summed E-state index contributed by atoms with van der Waals surface area (Å²) in [6.45, 7) is 7.78. The molecule has 1 aliphatic rings. The molecule has 168 valence electrons. The van der Waals surface area contributed by atoms with Crippen molar-refractivity contribution in [2.75, 3.05) is 32.8 Å². The topological polar surface area (TPSA) is 92.9 Å². The number of hydrogen-bond acceptors (Lipinski definition) is 6. The Labute approximate surface area is 191 Å². The van der Waals surface area contributed by atoms with E-state index in [-0.39, 0.29) is 18.4 Å². The summed E-state index contributed by atoms with van der Waals surface area (Å²) < 4.78 is 6.70. The zero-order valence-corrected chi connectivity index (χ0v) is 19.1. The van der Waals surface area contributed by atoms with E-state index in [2.05, 4.69) is 15.1 Å². The van der Waals surface area contributed by atoms with Gasteiger partial charge >= 0.3 is 6.09 Å². The molecular formula is C22H25ClN6O3. The van der Waals surface area contributed by atoms with E-state index in [4.69, 9.17) is 16.3 Å². The molecule has 1 aromatic carbocycles. The third-order valence-corrected chi connectivity index (χ3v) is 5.98. The zero-order chi connectivity index (χ0) is 22.8. The van der Waals surface area contributed by atoms with Gasteiger partial charge in [-0.25, -0.2) is 14.3 Å². The number of benzene rings is 1. The van der Waals surface area contributed by atoms with Crippen LogP contribution in [0, 0.1) is 13.8 Å². The lowest BCUT2D eigenvalue weighted by Gasteiger charge is -2.34. The van der Waals surface area contributed by atoms with Crippen molar-refractivity contribution in [1.82, 2.24) is 29.4 Å². The number of aryl methyl sites for hydroxylation is 2. The largest absolute Gasteiger partial charge is 0.450 e. The number of fused-ring (bicyclic) bond motifs is 1. The van der Waals surface area contributed by atoms with Crippen LogP contribution in [0.15, 0.2) is 24.3 Å². The van der Waals surface area contributed by atoms with Gasteiger partial charge in [-0.3, -0.25) is 4.79 Å². The van der Waals surface area contributed by atoms with E-state index in [1.807, 2.05) is 32.0 Å². The van der Waals surface area contributed by atoms with Crippen molar-refractivity contribution in [3.05, 3.63) is 46.2 Å². The molecule has 0 saturated carbocycles. The first-order chi connectivity index (χ1) is 15.4. The lowest BCUT2D eigenvalue weighted by atomic mass is 10.1. The van der Waals surface area contributed by atoms with Crippen molar-refractivity contribution < 1.29 is 14.3 Å². The minimum Gasteiger partial charge on any atom is -0.450 e. The molecule has 0 radical (unpaired) electrons. The van der Waals surface area contributed by atoms with Crippen molar-refractivity contribution >= 4 is 29.4 Å². The Morgan fingerprint density at radius 2 is 1.75 bits per heavy atom. The summed E-state index contributed by atoms with van der Waals surface area (Å²) in [5.74, 6) is 0.950. The Morgan fingerprint density at radius 1 is 1.06 bits per heavy atom. The lowest BCUT2D eigenvalue weighted by molar-refractivity contribution is -0.132. The number of nitrogens with zero attached hydrogens (tertiary/aromatic N) is 6. The first-order valence-electron chi connectivity index (χ1n) is 10.6. The van der Waals surface area contributed by atoms with Gasteiger partial charge in [-0.2, -0.15) is 4.98 Å². The predicted octanol–water partition coefficient (Wildman–Crippen LogP) is 2.90. The molecule has 1 aliphatic heterocycles. The van der Waals surface area contributed by atoms with E-state index in [0.29, 0.717) is 49.4 Å². The molecule has 0 unspecified atom stereocenters. The highest BCUT2D eigenvalue weighted by Gasteiger charge is 2.26. The fourth-order valence-electron chi connectivity index (χ4n) is 3.84. The zero-order valence-electron chi connectivity index (χ0n) is 18.3. The number of halogens is 1. The second-order valence-electron chi connectivity index (χ2n) is 7.63. The van der Waals surface area contributed by atoms with Crippen molar-refractivity contribution in [3.8, 4) is 11.4 Å². The van der Waals surface area contributed by atoms with Crippen molar-refractivity contribution in [2.45, 2.75) is 27.2 Å². The van der Waals surface area contributed by atoms with Gasteiger partial charge in [0.2, 0.25) is 5.91 Å². The minimum absolute atomic E-state index is 0.00713. The summed E-state index contributed by atoms with van der Waals surface area (Å²) in [7, 11) is 0. The number of ether oxygens (including phenoxy) is 1. The van der Waals surface area contributed by atoms with Gasteiger partial charge in [0, 0.05) is 48.7 Å². The molecule has 3 heterocycles. The van der Waals surface area contributed by atoms with E-state index in [0.717, 1.165) is 22.5 Å². The Kier molecular flexibility index (Phi) is 6.27. The Morgan fingerprint density at radius 3 is 2.44 bits per heavy atom. The van der Waals surface area contributed by atoms with Crippen LogP contribution >= 0.6 is 11.6 Å². The van der Waals surface area contributed by atoms with E-state index in [9.17, 15) is 9.59 Å². The molecule has 3 aromatic rings. The van der Waals surface area contributed by atoms with Crippen LogP contribution in [0.4, 0.5) is 4.79 Å². The van der Waals surface area contributed by atoms with Gasteiger partial charge < -0.3 is 14.5 Å². The van der Waals surface area contributed by atoms with Gasteiger partial charge in [0.25, 0.3) is 5.78 Å². The quantitative estimate of drug-likeness (QED) is 0.599.